The minimum Gasteiger partial charge on any atom is -0.332 e. The van der Waals surface area contributed by atoms with Crippen LogP contribution in [0.3, 0.4) is 0 Å². The van der Waals surface area contributed by atoms with Crippen molar-refractivity contribution in [2.45, 2.75) is 43.6 Å². The third-order valence-corrected chi connectivity index (χ3v) is 7.04. The van der Waals surface area contributed by atoms with Gasteiger partial charge in [0.1, 0.15) is 5.69 Å². The first-order valence-corrected chi connectivity index (χ1v) is 10.3. The third kappa shape index (κ3) is 2.46. The monoisotopic (exact) mass is 400 g/mol. The molecule has 2 saturated carbocycles. The number of halogens is 2. The Labute approximate surface area is 153 Å². The van der Waals surface area contributed by atoms with Gasteiger partial charge in [0.25, 0.3) is 22.0 Å². The van der Waals surface area contributed by atoms with Crippen LogP contribution in [0.25, 0.3) is 11.6 Å². The Morgan fingerprint density at radius 3 is 2.59 bits per heavy atom. The lowest BCUT2D eigenvalue weighted by atomic mass is 9.91. The fourth-order valence-corrected chi connectivity index (χ4v) is 4.92. The van der Waals surface area contributed by atoms with Gasteiger partial charge in [0.2, 0.25) is 0 Å². The van der Waals surface area contributed by atoms with E-state index in [1.54, 1.807) is 16.9 Å². The molecule has 2 aromatic rings. The highest BCUT2D eigenvalue weighted by Gasteiger charge is 2.82. The van der Waals surface area contributed by atoms with Crippen LogP contribution in [0, 0.1) is 5.41 Å². The summed E-state index contributed by atoms with van der Waals surface area (Å²) < 4.78 is 60.3. The summed E-state index contributed by atoms with van der Waals surface area (Å²) in [6, 6.07) is 2.02. The summed E-state index contributed by atoms with van der Waals surface area (Å²) in [4.78, 5) is 4.22. The van der Waals surface area contributed by atoms with Gasteiger partial charge in [-0.1, -0.05) is 5.16 Å². The molecule has 0 radical (unpaired) electrons. The van der Waals surface area contributed by atoms with Crippen LogP contribution < -0.4 is 5.14 Å². The zero-order valence-corrected chi connectivity index (χ0v) is 15.1. The van der Waals surface area contributed by atoms with Crippen LogP contribution in [0.5, 0.6) is 0 Å². The summed E-state index contributed by atoms with van der Waals surface area (Å²) in [5.74, 6) is -4.05. The van der Waals surface area contributed by atoms with E-state index in [0.717, 1.165) is 17.1 Å². The smallest absolute Gasteiger partial charge is 0.276 e. The van der Waals surface area contributed by atoms with E-state index in [9.17, 15) is 17.2 Å². The normalized spacial score (nSPS) is 27.1. The first-order chi connectivity index (χ1) is 12.7. The Morgan fingerprint density at radius 1 is 1.26 bits per heavy atom. The maximum Gasteiger partial charge on any atom is 0.276 e. The van der Waals surface area contributed by atoms with E-state index in [-0.39, 0.29) is 37.6 Å². The Morgan fingerprint density at radius 2 is 1.96 bits per heavy atom. The molecule has 0 aromatic carbocycles. The molecule has 2 N–H and O–H groups in total. The van der Waals surface area contributed by atoms with E-state index in [1.807, 2.05) is 0 Å². The van der Waals surface area contributed by atoms with Crippen LogP contribution >= 0.6 is 0 Å². The second kappa shape index (κ2) is 5.32. The first kappa shape index (κ1) is 17.2. The fraction of sp³-hybridized carbons (Fsp3) is 0.667. The van der Waals surface area contributed by atoms with Gasteiger partial charge in [-0.05, 0) is 31.7 Å². The molecule has 3 fully saturated rings. The molecular formula is C15H18F2N6O3S. The molecule has 1 aliphatic heterocycles. The molecule has 1 spiro atoms. The van der Waals surface area contributed by atoms with Crippen molar-refractivity contribution in [3.63, 3.8) is 0 Å². The zero-order valence-electron chi connectivity index (χ0n) is 14.3. The predicted octanol–water partition coefficient (Wildman–Crippen LogP) is 1.29. The molecule has 0 unspecified atom stereocenters. The van der Waals surface area contributed by atoms with Gasteiger partial charge in [-0.3, -0.25) is 4.68 Å². The van der Waals surface area contributed by atoms with Gasteiger partial charge >= 0.3 is 0 Å². The van der Waals surface area contributed by atoms with E-state index in [1.165, 1.54) is 0 Å². The second-order valence-electron chi connectivity index (χ2n) is 7.51. The maximum absolute atomic E-state index is 14.7. The minimum atomic E-state index is -3.87. The van der Waals surface area contributed by atoms with Crippen molar-refractivity contribution >= 4 is 10.2 Å². The predicted molar refractivity (Wildman–Crippen MR) is 87.8 cm³/mol. The fourth-order valence-electron chi connectivity index (χ4n) is 4.23. The highest BCUT2D eigenvalue weighted by atomic mass is 32.2. The molecule has 2 aromatic heterocycles. The lowest BCUT2D eigenvalue weighted by Crippen LogP contribution is -2.43. The average molecular weight is 400 g/mol. The van der Waals surface area contributed by atoms with Gasteiger partial charge in [-0.2, -0.15) is 22.8 Å². The molecule has 3 heterocycles. The van der Waals surface area contributed by atoms with E-state index in [0.29, 0.717) is 11.7 Å². The molecule has 1 atom stereocenters. The average Bonchev–Trinajstić information content (AvgIpc) is 3.32. The van der Waals surface area contributed by atoms with Crippen molar-refractivity contribution in [2.75, 3.05) is 13.1 Å². The van der Waals surface area contributed by atoms with E-state index in [2.05, 4.69) is 15.2 Å². The quantitative estimate of drug-likeness (QED) is 0.826. The second-order valence-corrected chi connectivity index (χ2v) is 9.05. The minimum absolute atomic E-state index is 0.00494. The summed E-state index contributed by atoms with van der Waals surface area (Å²) in [7, 11) is -3.87. The SMILES string of the molecule is NS(=O)(=O)N1CCC2(CC1)[C@H](c1noc(-c3ccnn3C3CC3)n1)C2(F)F. The molecular weight excluding hydrogens is 382 g/mol. The lowest BCUT2D eigenvalue weighted by Gasteiger charge is -2.30. The standard InChI is InChI=1S/C15H18F2N6O3S/c16-15(17)11(14(15)4-7-22(8-5-14)27(18,24)25)12-20-13(26-21-12)10-3-6-19-23(10)9-1-2-9/h3,6,9,11H,1-2,4-5,7-8H2,(H2,18,24,25)/t11-/m0/s1. The Kier molecular flexibility index (Phi) is 3.39. The Hall–Kier alpha value is -1.92. The number of hydrogen-bond acceptors (Lipinski definition) is 6. The van der Waals surface area contributed by atoms with Crippen LogP contribution in [0.4, 0.5) is 8.78 Å². The van der Waals surface area contributed by atoms with Gasteiger partial charge in [-0.25, -0.2) is 13.9 Å². The molecule has 5 rings (SSSR count). The molecule has 0 bridgehead atoms. The topological polar surface area (TPSA) is 120 Å². The molecule has 146 valence electrons. The van der Waals surface area contributed by atoms with Gasteiger partial charge < -0.3 is 4.52 Å². The Bertz CT molecular complexity index is 991. The number of nitrogens with two attached hydrogens (primary N) is 1. The van der Waals surface area contributed by atoms with Gasteiger partial charge in [0, 0.05) is 19.3 Å². The summed E-state index contributed by atoms with van der Waals surface area (Å²) in [6.07, 6.45) is 3.66. The van der Waals surface area contributed by atoms with Gasteiger partial charge in [0.15, 0.2) is 5.82 Å². The molecule has 3 aliphatic rings. The summed E-state index contributed by atoms with van der Waals surface area (Å²) >= 11 is 0. The number of alkyl halides is 2. The summed E-state index contributed by atoms with van der Waals surface area (Å²) in [6.45, 7) is -0.0752. The first-order valence-electron chi connectivity index (χ1n) is 8.77. The highest BCUT2D eigenvalue weighted by molar-refractivity contribution is 7.86. The van der Waals surface area contributed by atoms with Crippen LogP contribution in [0.15, 0.2) is 16.8 Å². The Balaban J connectivity index is 1.40. The zero-order chi connectivity index (χ0) is 19.0. The number of piperidine rings is 1. The van der Waals surface area contributed by atoms with Crippen LogP contribution in [-0.4, -0.2) is 51.7 Å². The van der Waals surface area contributed by atoms with Gasteiger partial charge in [0.05, 0.1) is 17.4 Å². The van der Waals surface area contributed by atoms with E-state index in [4.69, 9.17) is 9.66 Å². The molecule has 2 aliphatic carbocycles. The number of nitrogens with zero attached hydrogens (tertiary/aromatic N) is 5. The van der Waals surface area contributed by atoms with Crippen LogP contribution in [0.1, 0.15) is 43.5 Å². The molecule has 9 nitrogen and oxygen atoms in total. The molecule has 1 saturated heterocycles. The van der Waals surface area contributed by atoms with Crippen molar-refractivity contribution < 1.29 is 21.7 Å². The highest BCUT2D eigenvalue weighted by Crippen LogP contribution is 2.75. The largest absolute Gasteiger partial charge is 0.332 e. The number of rotatable bonds is 4. The van der Waals surface area contributed by atoms with Crippen molar-refractivity contribution in [3.8, 4) is 11.6 Å². The molecule has 12 heteroatoms. The third-order valence-electron chi connectivity index (χ3n) is 5.95. The van der Waals surface area contributed by atoms with Gasteiger partial charge in [-0.15, -0.1) is 0 Å². The molecule has 27 heavy (non-hydrogen) atoms. The maximum atomic E-state index is 14.7. The summed E-state index contributed by atoms with van der Waals surface area (Å²) in [5, 5.41) is 13.1. The summed E-state index contributed by atoms with van der Waals surface area (Å²) in [5.41, 5.74) is -0.718. The van der Waals surface area contributed by atoms with E-state index < -0.39 is 27.5 Å². The molecule has 0 amide bonds. The van der Waals surface area contributed by atoms with E-state index >= 15 is 0 Å². The van der Waals surface area contributed by atoms with Crippen molar-refractivity contribution in [2.24, 2.45) is 10.6 Å². The number of aromatic nitrogens is 4. The number of hydrogen-bond donors (Lipinski definition) is 1. The van der Waals surface area contributed by atoms with Crippen LogP contribution in [-0.2, 0) is 10.2 Å². The van der Waals surface area contributed by atoms with Crippen molar-refractivity contribution in [1.82, 2.24) is 24.2 Å². The van der Waals surface area contributed by atoms with Crippen molar-refractivity contribution in [3.05, 3.63) is 18.1 Å². The van der Waals surface area contributed by atoms with Crippen molar-refractivity contribution in [1.29, 1.82) is 0 Å². The van der Waals surface area contributed by atoms with Crippen LogP contribution in [0.2, 0.25) is 0 Å². The lowest BCUT2D eigenvalue weighted by molar-refractivity contribution is 0.0411.